The molecule has 0 spiro atoms. The molecule has 9 nitrogen and oxygen atoms in total. The number of nitrogens with zero attached hydrogens (tertiary/aromatic N) is 3. The number of ether oxygens (including phenoxy) is 1. The number of rotatable bonds is 2. The van der Waals surface area contributed by atoms with E-state index in [4.69, 9.17) is 4.74 Å². The molecule has 0 bridgehead atoms. The SMILES string of the molecule is Cn1c(=O)c(F)cn(C(=O)Oc2ccc([N+](=O)[O-])s2)c1=O. The standard InChI is InChI=1S/C10H6FN3O6S/c1-12-8(15)5(11)4-13(9(12)16)10(17)20-7-3-2-6(21-7)14(18)19/h2-4H,1H3. The van der Waals surface area contributed by atoms with Gasteiger partial charge in [-0.05, 0) is 17.4 Å². The summed E-state index contributed by atoms with van der Waals surface area (Å²) >= 11 is 0.562. The summed E-state index contributed by atoms with van der Waals surface area (Å²) < 4.78 is 18.6. The normalized spacial score (nSPS) is 10.4. The Morgan fingerprint density at radius 2 is 2.10 bits per heavy atom. The Kier molecular flexibility index (Phi) is 3.67. The fourth-order valence-corrected chi connectivity index (χ4v) is 2.03. The van der Waals surface area contributed by atoms with E-state index in [1.54, 1.807) is 0 Å². The Morgan fingerprint density at radius 1 is 1.43 bits per heavy atom. The zero-order chi connectivity index (χ0) is 15.7. The van der Waals surface area contributed by atoms with Crippen LogP contribution in [0.4, 0.5) is 14.2 Å². The Balaban J connectivity index is 2.35. The van der Waals surface area contributed by atoms with Crippen LogP contribution >= 0.6 is 11.3 Å². The average Bonchev–Trinajstić information content (AvgIpc) is 2.89. The van der Waals surface area contributed by atoms with Gasteiger partial charge in [-0.25, -0.2) is 9.59 Å². The highest BCUT2D eigenvalue weighted by molar-refractivity contribution is 7.17. The molecule has 2 rings (SSSR count). The molecule has 0 aliphatic heterocycles. The third kappa shape index (κ3) is 2.72. The summed E-state index contributed by atoms with van der Waals surface area (Å²) in [4.78, 5) is 44.3. The van der Waals surface area contributed by atoms with Crippen LogP contribution in [0, 0.1) is 15.9 Å². The first-order valence-electron chi connectivity index (χ1n) is 5.26. The molecule has 0 atom stereocenters. The molecule has 0 unspecified atom stereocenters. The maximum absolute atomic E-state index is 13.2. The summed E-state index contributed by atoms with van der Waals surface area (Å²) in [5, 5.41) is 10.1. The maximum atomic E-state index is 13.2. The van der Waals surface area contributed by atoms with E-state index >= 15 is 0 Å². The van der Waals surface area contributed by atoms with Crippen LogP contribution in [0.3, 0.4) is 0 Å². The van der Waals surface area contributed by atoms with Gasteiger partial charge in [-0.15, -0.1) is 0 Å². The van der Waals surface area contributed by atoms with E-state index in [-0.39, 0.29) is 14.6 Å². The lowest BCUT2D eigenvalue weighted by atomic mass is 10.6. The monoisotopic (exact) mass is 315 g/mol. The largest absolute Gasteiger partial charge is 0.428 e. The van der Waals surface area contributed by atoms with Gasteiger partial charge >= 0.3 is 16.8 Å². The first kappa shape index (κ1) is 14.6. The van der Waals surface area contributed by atoms with Crippen LogP contribution in [0.5, 0.6) is 5.06 Å². The first-order valence-corrected chi connectivity index (χ1v) is 6.07. The molecule has 0 radical (unpaired) electrons. The van der Waals surface area contributed by atoms with Gasteiger partial charge in [0.25, 0.3) is 5.56 Å². The van der Waals surface area contributed by atoms with Gasteiger partial charge in [-0.2, -0.15) is 8.96 Å². The molecule has 2 aromatic heterocycles. The Morgan fingerprint density at radius 3 is 2.67 bits per heavy atom. The van der Waals surface area contributed by atoms with Gasteiger partial charge < -0.3 is 4.74 Å². The van der Waals surface area contributed by atoms with Crippen molar-refractivity contribution in [2.75, 3.05) is 0 Å². The second-order valence-electron chi connectivity index (χ2n) is 3.71. The zero-order valence-corrected chi connectivity index (χ0v) is 11.1. The van der Waals surface area contributed by atoms with Crippen LogP contribution in [-0.2, 0) is 7.05 Å². The van der Waals surface area contributed by atoms with Crippen LogP contribution in [0.1, 0.15) is 0 Å². The van der Waals surface area contributed by atoms with E-state index in [1.807, 2.05) is 0 Å². The van der Waals surface area contributed by atoms with E-state index in [0.717, 1.165) is 19.2 Å². The molecule has 0 fully saturated rings. The minimum Gasteiger partial charge on any atom is -0.398 e. The molecule has 110 valence electrons. The number of carbonyl (C=O) groups is 1. The molecule has 0 saturated carbocycles. The quantitative estimate of drug-likeness (QED) is 0.595. The fraction of sp³-hybridized carbons (Fsp3) is 0.100. The van der Waals surface area contributed by atoms with Crippen LogP contribution < -0.4 is 16.0 Å². The first-order chi connectivity index (χ1) is 9.81. The lowest BCUT2D eigenvalue weighted by Crippen LogP contribution is -2.42. The molecule has 0 saturated heterocycles. The van der Waals surface area contributed by atoms with Crippen LogP contribution in [0.15, 0.2) is 27.9 Å². The van der Waals surface area contributed by atoms with Crippen molar-refractivity contribution in [3.63, 3.8) is 0 Å². The molecule has 0 N–H and O–H groups in total. The lowest BCUT2D eigenvalue weighted by molar-refractivity contribution is -0.380. The summed E-state index contributed by atoms with van der Waals surface area (Å²) in [5.74, 6) is -1.31. The second-order valence-corrected chi connectivity index (χ2v) is 4.74. The van der Waals surface area contributed by atoms with Gasteiger partial charge in [0.1, 0.15) is 0 Å². The van der Waals surface area contributed by atoms with Crippen molar-refractivity contribution in [2.24, 2.45) is 7.05 Å². The smallest absolute Gasteiger partial charge is 0.398 e. The Labute approximate surface area is 118 Å². The van der Waals surface area contributed by atoms with Crippen LogP contribution in [0.25, 0.3) is 0 Å². The third-order valence-electron chi connectivity index (χ3n) is 2.38. The molecule has 0 aliphatic carbocycles. The van der Waals surface area contributed by atoms with Crippen molar-refractivity contribution < 1.29 is 18.8 Å². The topological polar surface area (TPSA) is 113 Å². The van der Waals surface area contributed by atoms with Gasteiger partial charge in [-0.1, -0.05) is 0 Å². The van der Waals surface area contributed by atoms with Crippen molar-refractivity contribution in [1.82, 2.24) is 9.13 Å². The van der Waals surface area contributed by atoms with Crippen LogP contribution in [-0.4, -0.2) is 20.2 Å². The summed E-state index contributed by atoms with van der Waals surface area (Å²) in [6.07, 6.45) is -0.888. The van der Waals surface area contributed by atoms with E-state index in [9.17, 15) is 28.9 Å². The highest BCUT2D eigenvalue weighted by Crippen LogP contribution is 2.30. The van der Waals surface area contributed by atoms with Gasteiger partial charge in [0.15, 0.2) is 5.06 Å². The molecule has 0 aliphatic rings. The molecule has 21 heavy (non-hydrogen) atoms. The third-order valence-corrected chi connectivity index (χ3v) is 3.29. The lowest BCUT2D eigenvalue weighted by Gasteiger charge is -2.05. The zero-order valence-electron chi connectivity index (χ0n) is 10.3. The minimum absolute atomic E-state index is 0.145. The number of carbonyl (C=O) groups excluding carboxylic acids is 1. The van der Waals surface area contributed by atoms with E-state index in [1.165, 1.54) is 0 Å². The summed E-state index contributed by atoms with van der Waals surface area (Å²) in [6, 6.07) is 2.27. The fourth-order valence-electron chi connectivity index (χ4n) is 1.36. The molecular formula is C10H6FN3O6S. The Bertz CT molecular complexity index is 851. The summed E-state index contributed by atoms with van der Waals surface area (Å²) in [5.41, 5.74) is -2.28. The molecule has 0 amide bonds. The second kappa shape index (κ2) is 5.28. The van der Waals surface area contributed by atoms with Crippen LogP contribution in [0.2, 0.25) is 0 Å². The van der Waals surface area contributed by atoms with Crippen molar-refractivity contribution in [3.8, 4) is 5.06 Å². The predicted octanol–water partition coefficient (Wildman–Crippen LogP) is 0.703. The number of thiophene rings is 1. The highest BCUT2D eigenvalue weighted by atomic mass is 32.1. The Hall–Kier alpha value is -2.82. The molecule has 11 heteroatoms. The molecule has 2 heterocycles. The number of hydrogen-bond donors (Lipinski definition) is 0. The molecule has 0 aromatic carbocycles. The average molecular weight is 315 g/mol. The van der Waals surface area contributed by atoms with Gasteiger partial charge in [0.2, 0.25) is 5.82 Å². The van der Waals surface area contributed by atoms with Gasteiger partial charge in [0.05, 0.1) is 11.1 Å². The van der Waals surface area contributed by atoms with Crippen molar-refractivity contribution in [1.29, 1.82) is 0 Å². The number of halogens is 1. The maximum Gasteiger partial charge on any atom is 0.428 e. The molecular weight excluding hydrogens is 309 g/mol. The van der Waals surface area contributed by atoms with Crippen molar-refractivity contribution >= 4 is 22.4 Å². The minimum atomic E-state index is -1.31. The summed E-state index contributed by atoms with van der Waals surface area (Å²) in [6.45, 7) is 0. The predicted molar refractivity (Wildman–Crippen MR) is 68.3 cm³/mol. The van der Waals surface area contributed by atoms with E-state index in [0.29, 0.717) is 22.1 Å². The summed E-state index contributed by atoms with van der Waals surface area (Å²) in [7, 11) is 0.994. The van der Waals surface area contributed by atoms with Gasteiger partial charge in [0, 0.05) is 13.1 Å². The van der Waals surface area contributed by atoms with Crippen molar-refractivity contribution in [3.05, 3.63) is 55.1 Å². The van der Waals surface area contributed by atoms with E-state index in [2.05, 4.69) is 0 Å². The van der Waals surface area contributed by atoms with E-state index < -0.39 is 28.1 Å². The number of aromatic nitrogens is 2. The number of nitro groups is 1. The number of hydrogen-bond acceptors (Lipinski definition) is 7. The molecule has 2 aromatic rings. The van der Waals surface area contributed by atoms with Crippen molar-refractivity contribution in [2.45, 2.75) is 0 Å². The highest BCUT2D eigenvalue weighted by Gasteiger charge is 2.18. The van der Waals surface area contributed by atoms with Gasteiger partial charge in [-0.3, -0.25) is 19.5 Å².